The van der Waals surface area contributed by atoms with Crippen LogP contribution in [0.15, 0.2) is 0 Å². The van der Waals surface area contributed by atoms with Crippen molar-refractivity contribution in [2.45, 2.75) is 53.9 Å². The van der Waals surface area contributed by atoms with Crippen LogP contribution in [0.5, 0.6) is 0 Å². The van der Waals surface area contributed by atoms with E-state index in [0.717, 1.165) is 11.8 Å². The van der Waals surface area contributed by atoms with Gasteiger partial charge in [-0.2, -0.15) is 0 Å². The van der Waals surface area contributed by atoms with E-state index in [4.69, 9.17) is 0 Å². The molecule has 0 heterocycles. The van der Waals surface area contributed by atoms with Gasteiger partial charge in [0, 0.05) is 0 Å². The minimum absolute atomic E-state index is 0.866. The van der Waals surface area contributed by atoms with Gasteiger partial charge in [0.15, 0.2) is 0 Å². The third-order valence-corrected chi connectivity index (χ3v) is 2.69. The van der Waals surface area contributed by atoms with Gasteiger partial charge in [-0.05, 0) is 24.2 Å². The summed E-state index contributed by atoms with van der Waals surface area (Å²) < 4.78 is 0. The molecule has 0 rings (SSSR count). The van der Waals surface area contributed by atoms with Crippen LogP contribution in [0.2, 0.25) is 0 Å². The van der Waals surface area contributed by atoms with Gasteiger partial charge in [-0.25, -0.2) is 0 Å². The second kappa shape index (κ2) is 5.62. The van der Waals surface area contributed by atoms with E-state index < -0.39 is 0 Å². The molecule has 0 nitrogen and oxygen atoms in total. The maximum absolute atomic E-state index is 2.35. The predicted octanol–water partition coefficient (Wildman–Crippen LogP) is 4.06. The predicted molar refractivity (Wildman–Crippen MR) is 52.4 cm³/mol. The Kier molecular flexibility index (Phi) is 5.62. The summed E-state index contributed by atoms with van der Waals surface area (Å²) in [6.07, 6.45) is 4.02. The van der Waals surface area contributed by atoms with Crippen LogP contribution >= 0.6 is 0 Å². The van der Waals surface area contributed by atoms with E-state index in [2.05, 4.69) is 34.6 Å². The fraction of sp³-hybridized carbons (Fsp3) is 0.909. The Balaban J connectivity index is 3.68. The molecule has 0 amide bonds. The average Bonchev–Trinajstić information content (AvgIpc) is 1.99. The van der Waals surface area contributed by atoms with Gasteiger partial charge in [-0.15, -0.1) is 0 Å². The number of hydrogen-bond acceptors (Lipinski definition) is 0. The second-order valence-electron chi connectivity index (χ2n) is 3.93. The van der Waals surface area contributed by atoms with Crippen LogP contribution in [0, 0.1) is 17.8 Å². The first-order chi connectivity index (χ1) is 5.11. The van der Waals surface area contributed by atoms with E-state index in [9.17, 15) is 0 Å². The highest BCUT2D eigenvalue weighted by Crippen LogP contribution is 2.25. The summed E-state index contributed by atoms with van der Waals surface area (Å²) in [5.41, 5.74) is 0. The number of rotatable bonds is 5. The molecule has 0 bridgehead atoms. The van der Waals surface area contributed by atoms with Gasteiger partial charge in [-0.1, -0.05) is 47.5 Å². The van der Waals surface area contributed by atoms with Crippen LogP contribution in [-0.2, 0) is 0 Å². The first-order valence-corrected chi connectivity index (χ1v) is 4.91. The van der Waals surface area contributed by atoms with Gasteiger partial charge in [0.25, 0.3) is 0 Å². The molecule has 0 heteroatoms. The summed E-state index contributed by atoms with van der Waals surface area (Å²) in [5, 5.41) is 0. The number of hydrogen-bond donors (Lipinski definition) is 0. The smallest absolute Gasteiger partial charge is 0.0272 e. The minimum Gasteiger partial charge on any atom is -0.0651 e. The first kappa shape index (κ1) is 11.0. The molecular formula is C11H23. The third kappa shape index (κ3) is 4.44. The van der Waals surface area contributed by atoms with Crippen LogP contribution in [-0.4, -0.2) is 0 Å². The lowest BCUT2D eigenvalue weighted by molar-refractivity contribution is 0.385. The minimum atomic E-state index is 0.866. The molecule has 11 heavy (non-hydrogen) atoms. The van der Waals surface area contributed by atoms with Gasteiger partial charge in [0.2, 0.25) is 0 Å². The third-order valence-electron chi connectivity index (χ3n) is 2.69. The Morgan fingerprint density at radius 2 is 1.64 bits per heavy atom. The highest BCUT2D eigenvalue weighted by Gasteiger charge is 2.13. The summed E-state index contributed by atoms with van der Waals surface area (Å²) in [7, 11) is 0. The molecule has 0 saturated heterocycles. The van der Waals surface area contributed by atoms with Crippen molar-refractivity contribution in [2.24, 2.45) is 11.8 Å². The molecule has 0 aromatic carbocycles. The fourth-order valence-electron chi connectivity index (χ4n) is 1.46. The fourth-order valence-corrected chi connectivity index (χ4v) is 1.46. The van der Waals surface area contributed by atoms with Crippen molar-refractivity contribution in [3.05, 3.63) is 5.92 Å². The maximum atomic E-state index is 2.35. The zero-order valence-electron chi connectivity index (χ0n) is 8.78. The molecule has 67 valence electrons. The lowest BCUT2D eigenvalue weighted by atomic mass is 9.84. The molecule has 0 aromatic heterocycles. The SMILES string of the molecule is CCC(C)CC(CC)[C](C)C. The topological polar surface area (TPSA) is 0 Å². The van der Waals surface area contributed by atoms with E-state index >= 15 is 0 Å². The van der Waals surface area contributed by atoms with E-state index in [1.807, 2.05) is 0 Å². The Morgan fingerprint density at radius 3 is 1.91 bits per heavy atom. The summed E-state index contributed by atoms with van der Waals surface area (Å²) >= 11 is 0. The molecule has 0 aliphatic rings. The summed E-state index contributed by atoms with van der Waals surface area (Å²) in [6.45, 7) is 11.4. The highest BCUT2D eigenvalue weighted by molar-refractivity contribution is 4.86. The van der Waals surface area contributed by atoms with Crippen LogP contribution < -0.4 is 0 Å². The lowest BCUT2D eigenvalue weighted by Gasteiger charge is -2.21. The van der Waals surface area contributed by atoms with Crippen LogP contribution in [0.1, 0.15) is 53.9 Å². The zero-order valence-corrected chi connectivity index (χ0v) is 8.78. The Labute approximate surface area is 72.4 Å². The highest BCUT2D eigenvalue weighted by atomic mass is 14.2. The summed E-state index contributed by atoms with van der Waals surface area (Å²) in [4.78, 5) is 0. The monoisotopic (exact) mass is 155 g/mol. The van der Waals surface area contributed by atoms with Crippen molar-refractivity contribution in [3.63, 3.8) is 0 Å². The van der Waals surface area contributed by atoms with Gasteiger partial charge in [0.1, 0.15) is 0 Å². The first-order valence-electron chi connectivity index (χ1n) is 4.91. The average molecular weight is 155 g/mol. The van der Waals surface area contributed by atoms with Gasteiger partial charge in [-0.3, -0.25) is 0 Å². The van der Waals surface area contributed by atoms with Crippen LogP contribution in [0.3, 0.4) is 0 Å². The lowest BCUT2D eigenvalue weighted by Crippen LogP contribution is -2.09. The van der Waals surface area contributed by atoms with E-state index in [1.165, 1.54) is 19.3 Å². The van der Waals surface area contributed by atoms with Gasteiger partial charge < -0.3 is 0 Å². The van der Waals surface area contributed by atoms with Crippen molar-refractivity contribution < 1.29 is 0 Å². The molecule has 0 aromatic rings. The van der Waals surface area contributed by atoms with Crippen LogP contribution in [0.25, 0.3) is 0 Å². The molecule has 0 aliphatic carbocycles. The molecule has 0 aliphatic heterocycles. The standard InChI is InChI=1S/C11H23/c1-6-10(5)8-11(7-2)9(3)4/h10-11H,6-8H2,1-5H3. The molecule has 0 fully saturated rings. The second-order valence-corrected chi connectivity index (χ2v) is 3.93. The quantitative estimate of drug-likeness (QED) is 0.561. The van der Waals surface area contributed by atoms with Gasteiger partial charge in [0.05, 0.1) is 0 Å². The Bertz CT molecular complexity index is 84.0. The van der Waals surface area contributed by atoms with E-state index in [1.54, 1.807) is 5.92 Å². The zero-order chi connectivity index (χ0) is 8.85. The Morgan fingerprint density at radius 1 is 1.09 bits per heavy atom. The maximum Gasteiger partial charge on any atom is -0.0272 e. The van der Waals surface area contributed by atoms with Crippen LogP contribution in [0.4, 0.5) is 0 Å². The van der Waals surface area contributed by atoms with Crippen molar-refractivity contribution >= 4 is 0 Å². The van der Waals surface area contributed by atoms with Gasteiger partial charge >= 0.3 is 0 Å². The molecule has 0 N–H and O–H groups in total. The molecule has 1 radical (unpaired) electrons. The van der Waals surface area contributed by atoms with Crippen molar-refractivity contribution in [3.8, 4) is 0 Å². The molecule has 2 unspecified atom stereocenters. The van der Waals surface area contributed by atoms with E-state index in [0.29, 0.717) is 0 Å². The molecule has 2 atom stereocenters. The van der Waals surface area contributed by atoms with Crippen molar-refractivity contribution in [1.29, 1.82) is 0 Å². The molecular weight excluding hydrogens is 132 g/mol. The summed E-state index contributed by atoms with van der Waals surface area (Å²) in [6, 6.07) is 0. The normalized spacial score (nSPS) is 16.9. The molecule has 0 saturated carbocycles. The van der Waals surface area contributed by atoms with E-state index in [-0.39, 0.29) is 0 Å². The summed E-state index contributed by atoms with van der Waals surface area (Å²) in [5.74, 6) is 3.37. The molecule has 0 spiro atoms. The largest absolute Gasteiger partial charge is 0.0651 e. The van der Waals surface area contributed by atoms with Crippen molar-refractivity contribution in [1.82, 2.24) is 0 Å². The van der Waals surface area contributed by atoms with Crippen molar-refractivity contribution in [2.75, 3.05) is 0 Å². The Hall–Kier alpha value is 0.